The summed E-state index contributed by atoms with van der Waals surface area (Å²) in [7, 11) is 0. The Kier molecular flexibility index (Phi) is 2.51. The van der Waals surface area contributed by atoms with Gasteiger partial charge in [-0.15, -0.1) is 0 Å². The maximum Gasteiger partial charge on any atom is 0.0377 e. The van der Waals surface area contributed by atoms with Crippen LogP contribution in [0.3, 0.4) is 0 Å². The highest BCUT2D eigenvalue weighted by atomic mass is 79.9. The lowest BCUT2D eigenvalue weighted by Crippen LogP contribution is -2.03. The van der Waals surface area contributed by atoms with Gasteiger partial charge in [-0.2, -0.15) is 0 Å². The second-order valence-corrected chi connectivity index (χ2v) is 5.21. The first-order valence-electron chi connectivity index (χ1n) is 5.75. The molecule has 0 fully saturated rings. The molecule has 0 spiro atoms. The van der Waals surface area contributed by atoms with Crippen molar-refractivity contribution in [3.05, 3.63) is 35.4 Å². The Balaban J connectivity index is 2.43. The van der Waals surface area contributed by atoms with Gasteiger partial charge in [-0.05, 0) is 34.9 Å². The molecule has 0 saturated heterocycles. The van der Waals surface area contributed by atoms with Crippen LogP contribution in [0.15, 0.2) is 24.3 Å². The summed E-state index contributed by atoms with van der Waals surface area (Å²) in [4.78, 5) is 0. The van der Waals surface area contributed by atoms with Gasteiger partial charge in [-0.1, -0.05) is 39.9 Å². The molecule has 0 bridgehead atoms. The topological polar surface area (TPSA) is 35.1 Å². The SMILES string of the molecule is Cc1cccc2c([O-])cc3c(c12)[C@H](CBr)CN3. The van der Waals surface area contributed by atoms with Crippen LogP contribution in [0.5, 0.6) is 5.75 Å². The van der Waals surface area contributed by atoms with Gasteiger partial charge in [0.2, 0.25) is 0 Å². The summed E-state index contributed by atoms with van der Waals surface area (Å²) >= 11 is 3.56. The monoisotopic (exact) mass is 290 g/mol. The summed E-state index contributed by atoms with van der Waals surface area (Å²) in [5.41, 5.74) is 3.50. The molecule has 1 atom stereocenters. The highest BCUT2D eigenvalue weighted by Crippen LogP contribution is 2.42. The van der Waals surface area contributed by atoms with E-state index in [9.17, 15) is 5.11 Å². The maximum atomic E-state index is 12.0. The molecule has 0 aliphatic carbocycles. The average Bonchev–Trinajstić information content (AvgIpc) is 2.72. The molecule has 0 unspecified atom stereocenters. The van der Waals surface area contributed by atoms with Crippen LogP contribution >= 0.6 is 15.9 Å². The molecule has 0 amide bonds. The van der Waals surface area contributed by atoms with Crippen molar-refractivity contribution in [3.8, 4) is 5.75 Å². The van der Waals surface area contributed by atoms with Crippen molar-refractivity contribution < 1.29 is 5.11 Å². The zero-order valence-electron chi connectivity index (χ0n) is 9.59. The molecule has 1 aliphatic rings. The number of alkyl halides is 1. The number of aryl methyl sites for hydroxylation is 1. The van der Waals surface area contributed by atoms with Crippen LogP contribution in [0.1, 0.15) is 17.0 Å². The Bertz CT molecular complexity index is 594. The van der Waals surface area contributed by atoms with Crippen LogP contribution in [0.4, 0.5) is 5.69 Å². The quantitative estimate of drug-likeness (QED) is 0.819. The van der Waals surface area contributed by atoms with Gasteiger partial charge in [0.1, 0.15) is 0 Å². The lowest BCUT2D eigenvalue weighted by Gasteiger charge is -2.18. The summed E-state index contributed by atoms with van der Waals surface area (Å²) in [5, 5.41) is 18.3. The van der Waals surface area contributed by atoms with Gasteiger partial charge >= 0.3 is 0 Å². The number of benzene rings is 2. The molecule has 0 aromatic heterocycles. The van der Waals surface area contributed by atoms with Crippen molar-refractivity contribution in [1.82, 2.24) is 0 Å². The zero-order chi connectivity index (χ0) is 12.0. The first-order valence-corrected chi connectivity index (χ1v) is 6.87. The summed E-state index contributed by atoms with van der Waals surface area (Å²) in [5.74, 6) is 0.569. The molecular weight excluding hydrogens is 278 g/mol. The maximum absolute atomic E-state index is 12.0. The first kappa shape index (κ1) is 10.9. The number of rotatable bonds is 1. The van der Waals surface area contributed by atoms with Gasteiger partial charge in [0.15, 0.2) is 0 Å². The molecule has 0 saturated carbocycles. The average molecular weight is 291 g/mol. The van der Waals surface area contributed by atoms with Crippen molar-refractivity contribution in [3.63, 3.8) is 0 Å². The van der Waals surface area contributed by atoms with Gasteiger partial charge < -0.3 is 10.4 Å². The van der Waals surface area contributed by atoms with Crippen molar-refractivity contribution in [1.29, 1.82) is 0 Å². The number of hydrogen-bond donors (Lipinski definition) is 1. The second kappa shape index (κ2) is 3.91. The fourth-order valence-electron chi connectivity index (χ4n) is 2.69. The Morgan fingerprint density at radius 1 is 1.47 bits per heavy atom. The molecule has 3 rings (SSSR count). The fraction of sp³-hybridized carbons (Fsp3) is 0.286. The van der Waals surface area contributed by atoms with Gasteiger partial charge in [0, 0.05) is 23.5 Å². The molecule has 1 N–H and O–H groups in total. The van der Waals surface area contributed by atoms with E-state index in [1.54, 1.807) is 6.07 Å². The molecule has 3 heteroatoms. The van der Waals surface area contributed by atoms with E-state index in [1.807, 2.05) is 12.1 Å². The van der Waals surface area contributed by atoms with Crippen LogP contribution < -0.4 is 10.4 Å². The van der Waals surface area contributed by atoms with E-state index in [0.29, 0.717) is 5.92 Å². The molecule has 2 aromatic rings. The largest absolute Gasteiger partial charge is 0.872 e. The molecule has 17 heavy (non-hydrogen) atoms. The van der Waals surface area contributed by atoms with Crippen LogP contribution in [-0.2, 0) is 0 Å². The number of hydrogen-bond acceptors (Lipinski definition) is 2. The van der Waals surface area contributed by atoms with E-state index in [2.05, 4.69) is 34.2 Å². The zero-order valence-corrected chi connectivity index (χ0v) is 11.2. The molecule has 2 nitrogen and oxygen atoms in total. The minimum absolute atomic E-state index is 0.116. The van der Waals surface area contributed by atoms with Crippen molar-refractivity contribution in [2.75, 3.05) is 17.2 Å². The summed E-state index contributed by atoms with van der Waals surface area (Å²) in [6, 6.07) is 7.69. The molecule has 0 radical (unpaired) electrons. The standard InChI is InChI=1S/C14H14BrNO/c1-8-3-2-4-10-12(17)5-11-14(13(8)10)9(6-15)7-16-11/h2-5,9,16-17H,6-7H2,1H3/p-1/t9-/m1/s1. The highest BCUT2D eigenvalue weighted by molar-refractivity contribution is 9.09. The predicted molar refractivity (Wildman–Crippen MR) is 73.2 cm³/mol. The molecule has 1 heterocycles. The Morgan fingerprint density at radius 2 is 2.29 bits per heavy atom. The van der Waals surface area contributed by atoms with Gasteiger partial charge in [0.05, 0.1) is 0 Å². The Morgan fingerprint density at radius 3 is 3.06 bits per heavy atom. The second-order valence-electron chi connectivity index (χ2n) is 4.57. The van der Waals surface area contributed by atoms with Gasteiger partial charge in [0.25, 0.3) is 0 Å². The number of fused-ring (bicyclic) bond motifs is 3. The van der Waals surface area contributed by atoms with Crippen LogP contribution in [-0.4, -0.2) is 11.9 Å². The van der Waals surface area contributed by atoms with Crippen LogP contribution in [0.2, 0.25) is 0 Å². The van der Waals surface area contributed by atoms with E-state index < -0.39 is 0 Å². The number of halogens is 1. The van der Waals surface area contributed by atoms with Crippen molar-refractivity contribution >= 4 is 32.4 Å². The Labute approximate surface area is 109 Å². The van der Waals surface area contributed by atoms with E-state index in [-0.39, 0.29) is 5.75 Å². The molecule has 2 aromatic carbocycles. The smallest absolute Gasteiger partial charge is 0.0377 e. The van der Waals surface area contributed by atoms with Crippen LogP contribution in [0.25, 0.3) is 10.8 Å². The lowest BCUT2D eigenvalue weighted by atomic mass is 9.93. The van der Waals surface area contributed by atoms with Gasteiger partial charge in [-0.3, -0.25) is 0 Å². The van der Waals surface area contributed by atoms with E-state index in [0.717, 1.165) is 28.3 Å². The van der Waals surface area contributed by atoms with Gasteiger partial charge in [-0.25, -0.2) is 0 Å². The third-order valence-corrected chi connectivity index (χ3v) is 4.29. The van der Waals surface area contributed by atoms with E-state index in [1.165, 1.54) is 11.1 Å². The van der Waals surface area contributed by atoms with E-state index in [4.69, 9.17) is 0 Å². The summed E-state index contributed by atoms with van der Waals surface area (Å²) < 4.78 is 0. The third-order valence-electron chi connectivity index (χ3n) is 3.51. The minimum Gasteiger partial charge on any atom is -0.872 e. The fourth-order valence-corrected chi connectivity index (χ4v) is 3.24. The summed E-state index contributed by atoms with van der Waals surface area (Å²) in [6.07, 6.45) is 0. The third kappa shape index (κ3) is 1.53. The highest BCUT2D eigenvalue weighted by Gasteiger charge is 2.24. The van der Waals surface area contributed by atoms with Crippen molar-refractivity contribution in [2.45, 2.75) is 12.8 Å². The molecule has 1 aliphatic heterocycles. The molecular formula is C14H13BrNO-. The lowest BCUT2D eigenvalue weighted by molar-refractivity contribution is -0.265. The van der Waals surface area contributed by atoms with Crippen molar-refractivity contribution in [2.24, 2.45) is 0 Å². The van der Waals surface area contributed by atoms with Crippen LogP contribution in [0, 0.1) is 6.92 Å². The summed E-state index contributed by atoms with van der Waals surface area (Å²) in [6.45, 7) is 2.99. The van der Waals surface area contributed by atoms with E-state index >= 15 is 0 Å². The first-order chi connectivity index (χ1) is 8.22. The molecule has 88 valence electrons. The number of nitrogens with one attached hydrogen (secondary N) is 1. The normalized spacial score (nSPS) is 18.1. The minimum atomic E-state index is 0.116. The number of anilines is 1. The predicted octanol–water partition coefficient (Wildman–Crippen LogP) is 3.13. The Hall–Kier alpha value is -1.22.